The van der Waals surface area contributed by atoms with Crippen LogP contribution in [0.5, 0.6) is 0 Å². The van der Waals surface area contributed by atoms with Crippen molar-refractivity contribution in [1.29, 1.82) is 5.26 Å². The second-order valence-corrected chi connectivity index (χ2v) is 5.22. The molecule has 106 valence electrons. The summed E-state index contributed by atoms with van der Waals surface area (Å²) >= 11 is 0. The maximum absolute atomic E-state index is 10.8. The van der Waals surface area contributed by atoms with Gasteiger partial charge in [-0.25, -0.2) is 0 Å². The van der Waals surface area contributed by atoms with Gasteiger partial charge >= 0.3 is 5.97 Å². The number of rotatable bonds is 4. The molecule has 0 aromatic heterocycles. The third-order valence-electron chi connectivity index (χ3n) is 3.71. The van der Waals surface area contributed by atoms with Gasteiger partial charge in [0.25, 0.3) is 0 Å². The summed E-state index contributed by atoms with van der Waals surface area (Å²) in [7, 11) is 0. The number of nitriles is 1. The van der Waals surface area contributed by atoms with Gasteiger partial charge in [0.2, 0.25) is 5.69 Å². The molecule has 5 heteroatoms. The van der Waals surface area contributed by atoms with Gasteiger partial charge in [-0.2, -0.15) is 9.84 Å². The van der Waals surface area contributed by atoms with Gasteiger partial charge in [-0.15, -0.1) is 0 Å². The summed E-state index contributed by atoms with van der Waals surface area (Å²) in [6.07, 6.45) is 0.390. The van der Waals surface area contributed by atoms with Gasteiger partial charge in [-0.05, 0) is 13.8 Å². The number of nitrogens with zero attached hydrogens (tertiary/aromatic N) is 2. The molecule has 0 spiro atoms. The van der Waals surface area contributed by atoms with Crippen LogP contribution in [0.15, 0.2) is 24.3 Å². The SMILES string of the molecule is CC1(C)C(CC#N)=[N+](CCC(=O)O)c2ccccc21.[I-]. The van der Waals surface area contributed by atoms with Gasteiger partial charge in [0.15, 0.2) is 12.3 Å². The number of fused-ring (bicyclic) bond motifs is 1. The molecule has 1 aliphatic rings. The third-order valence-corrected chi connectivity index (χ3v) is 3.71. The molecule has 0 saturated carbocycles. The summed E-state index contributed by atoms with van der Waals surface area (Å²) in [5.41, 5.74) is 2.95. The zero-order valence-corrected chi connectivity index (χ0v) is 13.7. The predicted octanol–water partition coefficient (Wildman–Crippen LogP) is -0.545. The van der Waals surface area contributed by atoms with Crippen LogP contribution in [0.2, 0.25) is 0 Å². The monoisotopic (exact) mass is 384 g/mol. The molecule has 0 fully saturated rings. The number of hydrogen-bond donors (Lipinski definition) is 1. The van der Waals surface area contributed by atoms with E-state index in [1.807, 2.05) is 28.8 Å². The van der Waals surface area contributed by atoms with Crippen LogP contribution in [0.3, 0.4) is 0 Å². The van der Waals surface area contributed by atoms with E-state index >= 15 is 0 Å². The van der Waals surface area contributed by atoms with Crippen LogP contribution >= 0.6 is 0 Å². The Morgan fingerprint density at radius 3 is 2.65 bits per heavy atom. The maximum Gasteiger partial charge on any atom is 0.309 e. The van der Waals surface area contributed by atoms with Crippen molar-refractivity contribution in [2.75, 3.05) is 6.54 Å². The van der Waals surface area contributed by atoms with Gasteiger partial charge < -0.3 is 29.1 Å². The number of carbonyl (C=O) groups is 1. The highest BCUT2D eigenvalue weighted by atomic mass is 127. The van der Waals surface area contributed by atoms with E-state index in [9.17, 15) is 4.79 Å². The number of carboxylic acids is 1. The molecule has 1 aliphatic heterocycles. The zero-order chi connectivity index (χ0) is 14.0. The Morgan fingerprint density at radius 2 is 2.05 bits per heavy atom. The van der Waals surface area contributed by atoms with E-state index in [4.69, 9.17) is 10.4 Å². The highest BCUT2D eigenvalue weighted by Crippen LogP contribution is 2.40. The lowest BCUT2D eigenvalue weighted by molar-refractivity contribution is -0.438. The summed E-state index contributed by atoms with van der Waals surface area (Å²) in [5, 5.41) is 17.9. The average molecular weight is 384 g/mol. The number of halogens is 1. The molecule has 1 N–H and O–H groups in total. The van der Waals surface area contributed by atoms with Crippen molar-refractivity contribution in [2.24, 2.45) is 0 Å². The molecule has 1 aromatic carbocycles. The van der Waals surface area contributed by atoms with Crippen molar-refractivity contribution in [1.82, 2.24) is 0 Å². The van der Waals surface area contributed by atoms with E-state index in [2.05, 4.69) is 19.9 Å². The van der Waals surface area contributed by atoms with Crippen molar-refractivity contribution in [3.63, 3.8) is 0 Å². The van der Waals surface area contributed by atoms with Gasteiger partial charge in [-0.1, -0.05) is 18.2 Å². The number of hydrogen-bond acceptors (Lipinski definition) is 2. The van der Waals surface area contributed by atoms with E-state index in [1.165, 1.54) is 0 Å². The molecule has 0 saturated heterocycles. The first kappa shape index (κ1) is 16.6. The number of aliphatic carboxylic acids is 1. The molecule has 1 heterocycles. The van der Waals surface area contributed by atoms with Crippen LogP contribution in [0, 0.1) is 11.3 Å². The van der Waals surface area contributed by atoms with Crippen molar-refractivity contribution in [2.45, 2.75) is 32.1 Å². The summed E-state index contributed by atoms with van der Waals surface area (Å²) in [4.78, 5) is 10.8. The minimum Gasteiger partial charge on any atom is -1.00 e. The number of benzene rings is 1. The first-order chi connectivity index (χ1) is 8.98. The van der Waals surface area contributed by atoms with Gasteiger partial charge in [0.1, 0.15) is 12.8 Å². The van der Waals surface area contributed by atoms with E-state index < -0.39 is 5.97 Å². The molecule has 0 bridgehead atoms. The Kier molecular flexibility index (Phi) is 5.28. The third kappa shape index (κ3) is 2.85. The molecule has 4 nitrogen and oxygen atoms in total. The van der Waals surface area contributed by atoms with Crippen molar-refractivity contribution < 1.29 is 38.5 Å². The number of carboxylic acid groups (broad SMARTS) is 1. The summed E-state index contributed by atoms with van der Waals surface area (Å²) in [6.45, 7) is 4.57. The molecule has 0 radical (unpaired) electrons. The van der Waals surface area contributed by atoms with Crippen molar-refractivity contribution in [3.05, 3.63) is 29.8 Å². The average Bonchev–Trinajstić information content (AvgIpc) is 2.57. The molecule has 2 rings (SSSR count). The lowest BCUT2D eigenvalue weighted by atomic mass is 9.80. The van der Waals surface area contributed by atoms with E-state index in [1.54, 1.807) is 0 Å². The maximum atomic E-state index is 10.8. The van der Waals surface area contributed by atoms with E-state index in [0.717, 1.165) is 17.0 Å². The lowest BCUT2D eigenvalue weighted by Gasteiger charge is -2.15. The van der Waals surface area contributed by atoms with Crippen LogP contribution in [-0.2, 0) is 10.2 Å². The van der Waals surface area contributed by atoms with Crippen molar-refractivity contribution in [3.8, 4) is 6.07 Å². The fourth-order valence-corrected chi connectivity index (χ4v) is 2.73. The largest absolute Gasteiger partial charge is 1.00 e. The van der Waals surface area contributed by atoms with Gasteiger partial charge in [-0.3, -0.25) is 4.79 Å². The van der Waals surface area contributed by atoms with E-state index in [0.29, 0.717) is 13.0 Å². The fourth-order valence-electron chi connectivity index (χ4n) is 2.73. The fraction of sp³-hybridized carbons (Fsp3) is 0.400. The standard InChI is InChI=1S/C15H16N2O2.HI/c1-15(2)11-5-3-4-6-12(11)17(10-8-14(18)19)13(15)7-9-16;/h3-6H,7-8,10H2,1-2H3;1H. The van der Waals surface area contributed by atoms with Crippen LogP contribution in [0.1, 0.15) is 32.3 Å². The minimum atomic E-state index is -0.821. The topological polar surface area (TPSA) is 64.1 Å². The van der Waals surface area contributed by atoms with Crippen LogP contribution in [0.25, 0.3) is 0 Å². The summed E-state index contributed by atoms with van der Waals surface area (Å²) in [6, 6.07) is 10.1. The lowest BCUT2D eigenvalue weighted by Crippen LogP contribution is -3.00. The number of para-hydroxylation sites is 1. The van der Waals surface area contributed by atoms with Crippen LogP contribution in [0.4, 0.5) is 5.69 Å². The first-order valence-corrected chi connectivity index (χ1v) is 6.30. The molecule has 0 atom stereocenters. The summed E-state index contributed by atoms with van der Waals surface area (Å²) in [5.74, 6) is -0.821. The van der Waals surface area contributed by atoms with E-state index in [-0.39, 0.29) is 35.8 Å². The van der Waals surface area contributed by atoms with Gasteiger partial charge in [0.05, 0.1) is 11.5 Å². The highest BCUT2D eigenvalue weighted by Gasteiger charge is 2.44. The Hall–Kier alpha value is -1.42. The normalized spacial score (nSPS) is 15.2. The molecule has 20 heavy (non-hydrogen) atoms. The smallest absolute Gasteiger partial charge is 0.309 e. The first-order valence-electron chi connectivity index (χ1n) is 6.30. The quantitative estimate of drug-likeness (QED) is 0.560. The van der Waals surface area contributed by atoms with Gasteiger partial charge in [0, 0.05) is 11.6 Å². The molecule has 0 amide bonds. The van der Waals surface area contributed by atoms with Crippen LogP contribution in [-0.4, -0.2) is 27.9 Å². The summed E-state index contributed by atoms with van der Waals surface area (Å²) < 4.78 is 1.99. The second kappa shape index (κ2) is 6.35. The molecule has 1 aromatic rings. The van der Waals surface area contributed by atoms with Crippen LogP contribution < -0.4 is 24.0 Å². The minimum absolute atomic E-state index is 0. The zero-order valence-electron chi connectivity index (χ0n) is 11.6. The second-order valence-electron chi connectivity index (χ2n) is 5.22. The predicted molar refractivity (Wildman–Crippen MR) is 71.7 cm³/mol. The Balaban J connectivity index is 0.00000200. The molecular formula is C15H17IN2O2. The Labute approximate surface area is 135 Å². The Bertz CT molecular complexity index is 600. The van der Waals surface area contributed by atoms with Crippen molar-refractivity contribution >= 4 is 17.4 Å². The highest BCUT2D eigenvalue weighted by molar-refractivity contribution is 5.96. The molecule has 0 unspecified atom stereocenters. The molecule has 0 aliphatic carbocycles. The Morgan fingerprint density at radius 1 is 1.40 bits per heavy atom. The molecular weight excluding hydrogens is 367 g/mol.